The Balaban J connectivity index is 1.67. The molecule has 0 aliphatic carbocycles. The SMILES string of the molecule is CC(=O)OC[C@H]1O[C@H](O[C@H](C)[C@H](NC(=O)OCc2ccccc2)C(=O)OCc2ccccc2)[C@H](N=Cc2ccc(F)cc2)[C@@H](OC(C)=O)[C@@H]1OC(C)=O. The summed E-state index contributed by atoms with van der Waals surface area (Å²) >= 11 is 0. The second-order valence-corrected chi connectivity index (χ2v) is 11.9. The lowest BCUT2D eigenvalue weighted by Crippen LogP contribution is -2.62. The average Bonchev–Trinajstić information content (AvgIpc) is 3.13. The summed E-state index contributed by atoms with van der Waals surface area (Å²) < 4.78 is 53.4. The highest BCUT2D eigenvalue weighted by Crippen LogP contribution is 2.31. The van der Waals surface area contributed by atoms with Gasteiger partial charge in [0.25, 0.3) is 0 Å². The molecule has 1 N–H and O–H groups in total. The Kier molecular flexibility index (Phi) is 15.0. The molecule has 1 heterocycles. The van der Waals surface area contributed by atoms with E-state index in [9.17, 15) is 28.4 Å². The van der Waals surface area contributed by atoms with Gasteiger partial charge in [-0.15, -0.1) is 0 Å². The molecule has 14 nitrogen and oxygen atoms in total. The molecule has 53 heavy (non-hydrogen) atoms. The summed E-state index contributed by atoms with van der Waals surface area (Å²) in [6.45, 7) is 4.19. The molecular formula is C38H41FN2O12. The standard InChI is InChI=1S/C38H41FN2O12/c1-23(32(36(45)48-20-28-11-7-5-8-12-28)41-38(46)49-21-29-13-9-6-10-14-29)50-37-33(40-19-27-15-17-30(39)18-16-27)35(52-26(4)44)34(51-25(3)43)31(53-37)22-47-24(2)42/h5-19,23,31-35,37H,20-22H2,1-4H3,(H,41,46)/t23-,31-,32+,33-,34-,35-,37+/m1/s1. The summed E-state index contributed by atoms with van der Waals surface area (Å²) in [6, 6.07) is 20.2. The maximum atomic E-state index is 13.7. The smallest absolute Gasteiger partial charge is 0.408 e. The van der Waals surface area contributed by atoms with Crippen molar-refractivity contribution in [1.29, 1.82) is 0 Å². The largest absolute Gasteiger partial charge is 0.463 e. The van der Waals surface area contributed by atoms with Gasteiger partial charge in [-0.05, 0) is 35.7 Å². The van der Waals surface area contributed by atoms with E-state index in [1.54, 1.807) is 54.6 Å². The van der Waals surface area contributed by atoms with Gasteiger partial charge in [0.05, 0.1) is 6.10 Å². The van der Waals surface area contributed by atoms with Crippen LogP contribution in [0.25, 0.3) is 0 Å². The normalized spacial score (nSPS) is 20.7. The van der Waals surface area contributed by atoms with Crippen molar-refractivity contribution in [2.75, 3.05) is 6.61 Å². The van der Waals surface area contributed by atoms with Crippen LogP contribution < -0.4 is 5.32 Å². The molecule has 282 valence electrons. The maximum Gasteiger partial charge on any atom is 0.408 e. The molecule has 1 saturated heterocycles. The quantitative estimate of drug-likeness (QED) is 0.134. The Bertz CT molecular complexity index is 1710. The van der Waals surface area contributed by atoms with Gasteiger partial charge in [-0.3, -0.25) is 19.4 Å². The number of halogens is 1. The predicted molar refractivity (Wildman–Crippen MR) is 185 cm³/mol. The second kappa shape index (κ2) is 19.8. The molecule has 0 unspecified atom stereocenters. The molecule has 1 fully saturated rings. The van der Waals surface area contributed by atoms with Crippen LogP contribution >= 0.6 is 0 Å². The van der Waals surface area contributed by atoms with Crippen LogP contribution in [0.1, 0.15) is 44.4 Å². The highest BCUT2D eigenvalue weighted by Gasteiger charge is 2.52. The number of carbonyl (C=O) groups excluding carboxylic acids is 5. The minimum Gasteiger partial charge on any atom is -0.463 e. The first-order chi connectivity index (χ1) is 25.4. The molecule has 0 bridgehead atoms. The number of esters is 4. The van der Waals surface area contributed by atoms with E-state index in [-0.39, 0.29) is 13.2 Å². The van der Waals surface area contributed by atoms with Gasteiger partial charge in [-0.1, -0.05) is 72.8 Å². The Labute approximate surface area is 305 Å². The fourth-order valence-electron chi connectivity index (χ4n) is 5.24. The Morgan fingerprint density at radius 3 is 1.91 bits per heavy atom. The molecular weight excluding hydrogens is 695 g/mol. The third kappa shape index (κ3) is 12.8. The summed E-state index contributed by atoms with van der Waals surface area (Å²) in [7, 11) is 0. The van der Waals surface area contributed by atoms with Gasteiger partial charge in [-0.25, -0.2) is 14.0 Å². The van der Waals surface area contributed by atoms with Gasteiger partial charge in [0.1, 0.15) is 37.8 Å². The van der Waals surface area contributed by atoms with Crippen LogP contribution in [0.4, 0.5) is 9.18 Å². The van der Waals surface area contributed by atoms with Gasteiger partial charge in [0.2, 0.25) is 0 Å². The number of benzene rings is 3. The molecule has 3 aromatic carbocycles. The van der Waals surface area contributed by atoms with E-state index < -0.39 is 85.2 Å². The zero-order valence-corrected chi connectivity index (χ0v) is 29.5. The van der Waals surface area contributed by atoms with Crippen molar-refractivity contribution in [2.45, 2.75) is 83.7 Å². The highest BCUT2D eigenvalue weighted by molar-refractivity contribution is 5.82. The van der Waals surface area contributed by atoms with Crippen LogP contribution in [0, 0.1) is 5.82 Å². The van der Waals surface area contributed by atoms with Crippen LogP contribution in [0.5, 0.6) is 0 Å². The molecule has 4 rings (SSSR count). The van der Waals surface area contributed by atoms with Crippen LogP contribution in [0.15, 0.2) is 89.9 Å². The van der Waals surface area contributed by atoms with Crippen molar-refractivity contribution >= 4 is 36.2 Å². The van der Waals surface area contributed by atoms with E-state index in [2.05, 4.69) is 10.3 Å². The van der Waals surface area contributed by atoms with Crippen molar-refractivity contribution in [3.8, 4) is 0 Å². The number of aliphatic imine (C=N–C) groups is 1. The fourth-order valence-corrected chi connectivity index (χ4v) is 5.24. The summed E-state index contributed by atoms with van der Waals surface area (Å²) in [5, 5.41) is 2.51. The zero-order valence-electron chi connectivity index (χ0n) is 29.5. The van der Waals surface area contributed by atoms with Crippen molar-refractivity contribution in [1.82, 2.24) is 5.32 Å². The Hall–Kier alpha value is -5.67. The van der Waals surface area contributed by atoms with E-state index in [0.29, 0.717) is 16.7 Å². The number of ether oxygens (including phenoxy) is 7. The fraction of sp³-hybridized carbons (Fsp3) is 0.368. The van der Waals surface area contributed by atoms with E-state index in [1.807, 2.05) is 6.07 Å². The molecule has 0 aromatic heterocycles. The molecule has 1 amide bonds. The molecule has 1 aliphatic rings. The molecule has 7 atom stereocenters. The average molecular weight is 737 g/mol. The van der Waals surface area contributed by atoms with E-state index in [0.717, 1.165) is 20.8 Å². The Morgan fingerprint density at radius 2 is 1.34 bits per heavy atom. The van der Waals surface area contributed by atoms with Gasteiger partial charge in [-0.2, -0.15) is 0 Å². The first-order valence-corrected chi connectivity index (χ1v) is 16.6. The topological polar surface area (TPSA) is 174 Å². The minimum atomic E-state index is -1.50. The van der Waals surface area contributed by atoms with Crippen molar-refractivity contribution < 1.29 is 61.5 Å². The molecule has 0 radical (unpaired) electrons. The van der Waals surface area contributed by atoms with Gasteiger partial charge in [0.15, 0.2) is 24.5 Å². The first kappa shape index (κ1) is 40.1. The lowest BCUT2D eigenvalue weighted by molar-refractivity contribution is -0.283. The number of hydrogen-bond donors (Lipinski definition) is 1. The van der Waals surface area contributed by atoms with Crippen LogP contribution in [0.3, 0.4) is 0 Å². The maximum absolute atomic E-state index is 13.7. The molecule has 0 spiro atoms. The number of hydrogen-bond acceptors (Lipinski definition) is 13. The molecule has 3 aromatic rings. The number of nitrogens with zero attached hydrogens (tertiary/aromatic N) is 1. The van der Waals surface area contributed by atoms with Gasteiger partial charge >= 0.3 is 30.0 Å². The van der Waals surface area contributed by atoms with E-state index in [4.69, 9.17) is 33.2 Å². The molecule has 1 aliphatic heterocycles. The summed E-state index contributed by atoms with van der Waals surface area (Å²) in [4.78, 5) is 67.6. The summed E-state index contributed by atoms with van der Waals surface area (Å²) in [5.74, 6) is -3.60. The van der Waals surface area contributed by atoms with E-state index in [1.165, 1.54) is 37.4 Å². The monoisotopic (exact) mass is 736 g/mol. The first-order valence-electron chi connectivity index (χ1n) is 16.6. The third-order valence-corrected chi connectivity index (χ3v) is 7.72. The zero-order chi connectivity index (χ0) is 38.3. The van der Waals surface area contributed by atoms with Crippen LogP contribution in [-0.2, 0) is 65.5 Å². The van der Waals surface area contributed by atoms with Crippen molar-refractivity contribution in [3.63, 3.8) is 0 Å². The molecule has 0 saturated carbocycles. The van der Waals surface area contributed by atoms with Crippen LogP contribution in [0.2, 0.25) is 0 Å². The number of carbonyl (C=O) groups is 5. The number of alkyl carbamates (subject to hydrolysis) is 1. The summed E-state index contributed by atoms with van der Waals surface area (Å²) in [5.41, 5.74) is 1.82. The number of rotatable bonds is 15. The second-order valence-electron chi connectivity index (χ2n) is 11.9. The predicted octanol–water partition coefficient (Wildman–Crippen LogP) is 4.21. The van der Waals surface area contributed by atoms with Crippen molar-refractivity contribution in [2.24, 2.45) is 4.99 Å². The molecule has 15 heteroatoms. The lowest BCUT2D eigenvalue weighted by atomic mass is 9.96. The van der Waals surface area contributed by atoms with E-state index >= 15 is 0 Å². The Morgan fingerprint density at radius 1 is 0.774 bits per heavy atom. The lowest BCUT2D eigenvalue weighted by Gasteiger charge is -2.44. The third-order valence-electron chi connectivity index (χ3n) is 7.72. The van der Waals surface area contributed by atoms with Crippen molar-refractivity contribution in [3.05, 3.63) is 107 Å². The minimum absolute atomic E-state index is 0.0982. The summed E-state index contributed by atoms with van der Waals surface area (Å²) in [6.07, 6.45) is -6.34. The number of nitrogens with one attached hydrogen (secondary N) is 1. The van der Waals surface area contributed by atoms with Gasteiger partial charge < -0.3 is 38.5 Å². The van der Waals surface area contributed by atoms with Gasteiger partial charge in [0, 0.05) is 27.0 Å². The van der Waals surface area contributed by atoms with Crippen LogP contribution in [-0.4, -0.2) is 85.6 Å². The highest BCUT2D eigenvalue weighted by atomic mass is 19.1. The number of amides is 1.